The summed E-state index contributed by atoms with van der Waals surface area (Å²) < 4.78 is 7.70. The molecular formula is C16H29N3O. The predicted molar refractivity (Wildman–Crippen MR) is 82.2 cm³/mol. The lowest BCUT2D eigenvalue weighted by Crippen LogP contribution is -2.30. The van der Waals surface area contributed by atoms with E-state index in [-0.39, 0.29) is 0 Å². The summed E-state index contributed by atoms with van der Waals surface area (Å²) in [5.41, 5.74) is 1.24. The minimum absolute atomic E-state index is 0.362. The number of nitrogens with one attached hydrogen (secondary N) is 1. The molecule has 4 nitrogen and oxygen atoms in total. The Labute approximate surface area is 122 Å². The van der Waals surface area contributed by atoms with E-state index >= 15 is 0 Å². The number of aromatic nitrogens is 2. The van der Waals surface area contributed by atoms with Crippen molar-refractivity contribution in [1.29, 1.82) is 0 Å². The average molecular weight is 279 g/mol. The van der Waals surface area contributed by atoms with E-state index < -0.39 is 0 Å². The van der Waals surface area contributed by atoms with Gasteiger partial charge in [0.25, 0.3) is 0 Å². The molecule has 1 aromatic rings. The number of rotatable bonds is 7. The molecule has 1 aliphatic rings. The van der Waals surface area contributed by atoms with Crippen LogP contribution in [-0.2, 0) is 0 Å². The molecule has 0 aromatic carbocycles. The standard InChI is InChI=1S/C16H29N3O/c1-5-10-17-15(13-8-6-7-9-13)16-14(20-4)11-18-19(16)12(2)3/h11-13,15,17H,5-10H2,1-4H3. The van der Waals surface area contributed by atoms with Crippen molar-refractivity contribution in [1.82, 2.24) is 15.1 Å². The van der Waals surface area contributed by atoms with E-state index in [1.165, 1.54) is 31.4 Å². The fraction of sp³-hybridized carbons (Fsp3) is 0.812. The molecule has 1 unspecified atom stereocenters. The fourth-order valence-corrected chi connectivity index (χ4v) is 3.30. The van der Waals surface area contributed by atoms with Gasteiger partial charge in [0.05, 0.1) is 25.0 Å². The molecule has 0 bridgehead atoms. The van der Waals surface area contributed by atoms with Crippen molar-refractivity contribution in [3.05, 3.63) is 11.9 Å². The van der Waals surface area contributed by atoms with Crippen LogP contribution in [0.15, 0.2) is 6.20 Å². The number of hydrogen-bond donors (Lipinski definition) is 1. The molecule has 4 heteroatoms. The maximum absolute atomic E-state index is 5.57. The summed E-state index contributed by atoms with van der Waals surface area (Å²) in [6, 6.07) is 0.735. The third-order valence-electron chi connectivity index (χ3n) is 4.29. The summed E-state index contributed by atoms with van der Waals surface area (Å²) in [4.78, 5) is 0. The van der Waals surface area contributed by atoms with Crippen LogP contribution in [0.4, 0.5) is 0 Å². The molecule has 20 heavy (non-hydrogen) atoms. The van der Waals surface area contributed by atoms with Crippen molar-refractivity contribution in [2.45, 2.75) is 65.0 Å². The molecule has 0 saturated heterocycles. The van der Waals surface area contributed by atoms with Crippen LogP contribution >= 0.6 is 0 Å². The van der Waals surface area contributed by atoms with Gasteiger partial charge in [-0.2, -0.15) is 5.10 Å². The third kappa shape index (κ3) is 3.17. The highest BCUT2D eigenvalue weighted by molar-refractivity contribution is 5.29. The summed E-state index contributed by atoms with van der Waals surface area (Å²) in [6.07, 6.45) is 8.36. The smallest absolute Gasteiger partial charge is 0.161 e. The van der Waals surface area contributed by atoms with E-state index in [1.54, 1.807) is 7.11 Å². The van der Waals surface area contributed by atoms with Crippen LogP contribution in [0, 0.1) is 5.92 Å². The van der Waals surface area contributed by atoms with Gasteiger partial charge < -0.3 is 10.1 Å². The Morgan fingerprint density at radius 3 is 2.65 bits per heavy atom. The van der Waals surface area contributed by atoms with Crippen LogP contribution in [0.5, 0.6) is 5.75 Å². The quantitative estimate of drug-likeness (QED) is 0.827. The van der Waals surface area contributed by atoms with Gasteiger partial charge in [0.1, 0.15) is 0 Å². The summed E-state index contributed by atoms with van der Waals surface area (Å²) in [5.74, 6) is 1.64. The second-order valence-electron chi connectivity index (χ2n) is 6.11. The Morgan fingerprint density at radius 2 is 2.10 bits per heavy atom. The SMILES string of the molecule is CCCNC(c1c(OC)cnn1C(C)C)C1CCCC1. The molecule has 1 heterocycles. The van der Waals surface area contributed by atoms with Crippen molar-refractivity contribution in [2.24, 2.45) is 5.92 Å². The zero-order valence-corrected chi connectivity index (χ0v) is 13.4. The molecule has 0 amide bonds. The van der Waals surface area contributed by atoms with Crippen molar-refractivity contribution in [2.75, 3.05) is 13.7 Å². The van der Waals surface area contributed by atoms with Crippen LogP contribution in [-0.4, -0.2) is 23.4 Å². The molecule has 1 fully saturated rings. The van der Waals surface area contributed by atoms with E-state index in [0.29, 0.717) is 18.0 Å². The molecule has 0 spiro atoms. The Hall–Kier alpha value is -1.03. The van der Waals surface area contributed by atoms with Crippen LogP contribution in [0.2, 0.25) is 0 Å². The monoisotopic (exact) mass is 279 g/mol. The molecule has 1 atom stereocenters. The Morgan fingerprint density at radius 1 is 1.40 bits per heavy atom. The number of ether oxygens (including phenoxy) is 1. The molecule has 1 N–H and O–H groups in total. The van der Waals surface area contributed by atoms with Crippen molar-refractivity contribution < 1.29 is 4.74 Å². The average Bonchev–Trinajstić information content (AvgIpc) is 3.08. The normalized spacial score (nSPS) is 17.9. The molecule has 0 radical (unpaired) electrons. The van der Waals surface area contributed by atoms with Gasteiger partial charge in [0.2, 0.25) is 0 Å². The van der Waals surface area contributed by atoms with Gasteiger partial charge in [-0.1, -0.05) is 19.8 Å². The first-order valence-electron chi connectivity index (χ1n) is 8.03. The molecule has 0 aliphatic heterocycles. The largest absolute Gasteiger partial charge is 0.493 e. The highest BCUT2D eigenvalue weighted by atomic mass is 16.5. The topological polar surface area (TPSA) is 39.1 Å². The van der Waals surface area contributed by atoms with Crippen molar-refractivity contribution in [3.63, 3.8) is 0 Å². The number of nitrogens with zero attached hydrogens (tertiary/aromatic N) is 2. The van der Waals surface area contributed by atoms with E-state index in [2.05, 4.69) is 35.9 Å². The van der Waals surface area contributed by atoms with Crippen molar-refractivity contribution >= 4 is 0 Å². The summed E-state index contributed by atoms with van der Waals surface area (Å²) in [6.45, 7) is 7.63. The Bertz CT molecular complexity index is 408. The maximum atomic E-state index is 5.57. The second kappa shape index (κ2) is 7.11. The van der Waals surface area contributed by atoms with Gasteiger partial charge in [0, 0.05) is 6.04 Å². The Kier molecular flexibility index (Phi) is 5.46. The third-order valence-corrected chi connectivity index (χ3v) is 4.29. The summed E-state index contributed by atoms with van der Waals surface area (Å²) >= 11 is 0. The van der Waals surface area contributed by atoms with Gasteiger partial charge in [-0.3, -0.25) is 4.68 Å². The lowest BCUT2D eigenvalue weighted by molar-refractivity contribution is 0.320. The maximum Gasteiger partial charge on any atom is 0.161 e. The second-order valence-corrected chi connectivity index (χ2v) is 6.11. The predicted octanol–water partition coefficient (Wildman–Crippen LogP) is 3.70. The lowest BCUT2D eigenvalue weighted by Gasteiger charge is -2.27. The fourth-order valence-electron chi connectivity index (χ4n) is 3.30. The van der Waals surface area contributed by atoms with E-state index in [4.69, 9.17) is 4.74 Å². The van der Waals surface area contributed by atoms with Crippen LogP contribution < -0.4 is 10.1 Å². The molecule has 1 aromatic heterocycles. The van der Waals surface area contributed by atoms with E-state index in [0.717, 1.165) is 18.7 Å². The van der Waals surface area contributed by atoms with Crippen molar-refractivity contribution in [3.8, 4) is 5.75 Å². The highest BCUT2D eigenvalue weighted by Gasteiger charge is 2.31. The van der Waals surface area contributed by atoms with E-state index in [1.807, 2.05) is 6.20 Å². The minimum Gasteiger partial charge on any atom is -0.493 e. The number of methoxy groups -OCH3 is 1. The first-order chi connectivity index (χ1) is 9.69. The van der Waals surface area contributed by atoms with Crippen LogP contribution in [0.3, 0.4) is 0 Å². The van der Waals surface area contributed by atoms with Crippen LogP contribution in [0.25, 0.3) is 0 Å². The summed E-state index contributed by atoms with van der Waals surface area (Å²) in [5, 5.41) is 8.28. The highest BCUT2D eigenvalue weighted by Crippen LogP contribution is 2.39. The molecular weight excluding hydrogens is 250 g/mol. The van der Waals surface area contributed by atoms with Gasteiger partial charge in [0.15, 0.2) is 5.75 Å². The van der Waals surface area contributed by atoms with Gasteiger partial charge in [-0.05, 0) is 45.6 Å². The van der Waals surface area contributed by atoms with Gasteiger partial charge in [-0.15, -0.1) is 0 Å². The van der Waals surface area contributed by atoms with Gasteiger partial charge in [-0.25, -0.2) is 0 Å². The lowest BCUT2D eigenvalue weighted by atomic mass is 9.94. The molecule has 1 saturated carbocycles. The first-order valence-corrected chi connectivity index (χ1v) is 8.03. The zero-order chi connectivity index (χ0) is 14.5. The first kappa shape index (κ1) is 15.4. The zero-order valence-electron chi connectivity index (χ0n) is 13.4. The molecule has 1 aliphatic carbocycles. The summed E-state index contributed by atoms with van der Waals surface area (Å²) in [7, 11) is 1.75. The van der Waals surface area contributed by atoms with Gasteiger partial charge >= 0.3 is 0 Å². The Balaban J connectivity index is 2.32. The minimum atomic E-state index is 0.362. The molecule has 114 valence electrons. The van der Waals surface area contributed by atoms with E-state index in [9.17, 15) is 0 Å². The van der Waals surface area contributed by atoms with Crippen LogP contribution in [0.1, 0.15) is 70.7 Å². The number of hydrogen-bond acceptors (Lipinski definition) is 3. The molecule has 2 rings (SSSR count).